The molecule has 0 saturated carbocycles. The molecule has 1 heterocycles. The number of amides is 1. The molecule has 64 valence electrons. The molecule has 1 saturated heterocycles. The predicted molar refractivity (Wildman–Crippen MR) is 44.3 cm³/mol. The maximum Gasteiger partial charge on any atom is 0.239 e. The zero-order valence-corrected chi connectivity index (χ0v) is 7.26. The van der Waals surface area contributed by atoms with Gasteiger partial charge in [0.1, 0.15) is 0 Å². The van der Waals surface area contributed by atoms with E-state index in [0.29, 0.717) is 0 Å². The summed E-state index contributed by atoms with van der Waals surface area (Å²) in [5.74, 6) is 0.249. The van der Waals surface area contributed by atoms with Crippen molar-refractivity contribution >= 4 is 5.91 Å². The quantitative estimate of drug-likeness (QED) is 0.634. The summed E-state index contributed by atoms with van der Waals surface area (Å²) in [5, 5.41) is 3.22. The Balaban J connectivity index is 2.30. The molecule has 0 aromatic heterocycles. The Kier molecular flexibility index (Phi) is 2.88. The van der Waals surface area contributed by atoms with E-state index < -0.39 is 0 Å². The topological polar surface area (TPSA) is 32.3 Å². The van der Waals surface area contributed by atoms with Crippen molar-refractivity contribution in [3.05, 3.63) is 0 Å². The van der Waals surface area contributed by atoms with Crippen LogP contribution in [0.5, 0.6) is 0 Å². The maximum absolute atomic E-state index is 11.3. The number of carbonyl (C=O) groups excluding carboxylic acids is 1. The zero-order valence-electron chi connectivity index (χ0n) is 7.26. The van der Waals surface area contributed by atoms with Crippen LogP contribution in [0, 0.1) is 0 Å². The number of hydrogen-bond donors (Lipinski definition) is 1. The minimum absolute atomic E-state index is 0.0972. The fraction of sp³-hybridized carbons (Fsp3) is 0.875. The fourth-order valence-electron chi connectivity index (χ4n) is 1.33. The molecule has 1 unspecified atom stereocenters. The molecule has 0 aromatic rings. The highest BCUT2D eigenvalue weighted by molar-refractivity contribution is 5.83. The SMILES string of the molecule is CCCNC1CCN(C)C1=O. The monoisotopic (exact) mass is 156 g/mol. The third-order valence-corrected chi connectivity index (χ3v) is 2.07. The molecular formula is C8H16N2O. The smallest absolute Gasteiger partial charge is 0.239 e. The van der Waals surface area contributed by atoms with E-state index >= 15 is 0 Å². The van der Waals surface area contributed by atoms with Crippen molar-refractivity contribution in [3.8, 4) is 0 Å². The van der Waals surface area contributed by atoms with Gasteiger partial charge in [-0.2, -0.15) is 0 Å². The van der Waals surface area contributed by atoms with Crippen LogP contribution >= 0.6 is 0 Å². The number of hydrogen-bond acceptors (Lipinski definition) is 2. The predicted octanol–water partition coefficient (Wildman–Crippen LogP) is 0.217. The fourth-order valence-corrected chi connectivity index (χ4v) is 1.33. The molecular weight excluding hydrogens is 140 g/mol. The third-order valence-electron chi connectivity index (χ3n) is 2.07. The lowest BCUT2D eigenvalue weighted by molar-refractivity contribution is -0.128. The van der Waals surface area contributed by atoms with Crippen LogP contribution in [0.2, 0.25) is 0 Å². The van der Waals surface area contributed by atoms with E-state index in [9.17, 15) is 4.79 Å². The highest BCUT2D eigenvalue weighted by Gasteiger charge is 2.27. The van der Waals surface area contributed by atoms with Crippen molar-refractivity contribution in [3.63, 3.8) is 0 Å². The van der Waals surface area contributed by atoms with E-state index in [1.165, 1.54) is 0 Å². The molecule has 1 N–H and O–H groups in total. The number of rotatable bonds is 3. The highest BCUT2D eigenvalue weighted by Crippen LogP contribution is 2.07. The second-order valence-electron chi connectivity index (χ2n) is 3.06. The first-order chi connectivity index (χ1) is 5.25. The molecule has 1 aliphatic rings. The van der Waals surface area contributed by atoms with Crippen LogP contribution in [-0.2, 0) is 4.79 Å². The van der Waals surface area contributed by atoms with E-state index in [4.69, 9.17) is 0 Å². The molecule has 0 spiro atoms. The molecule has 0 aliphatic carbocycles. The van der Waals surface area contributed by atoms with Gasteiger partial charge in [0.15, 0.2) is 0 Å². The summed E-state index contributed by atoms with van der Waals surface area (Å²) in [4.78, 5) is 13.1. The van der Waals surface area contributed by atoms with Crippen LogP contribution in [0.25, 0.3) is 0 Å². The van der Waals surface area contributed by atoms with Gasteiger partial charge in [-0.1, -0.05) is 6.92 Å². The number of likely N-dealkylation sites (tertiary alicyclic amines) is 1. The van der Waals surface area contributed by atoms with Gasteiger partial charge in [-0.15, -0.1) is 0 Å². The van der Waals surface area contributed by atoms with E-state index in [1.807, 2.05) is 7.05 Å². The summed E-state index contributed by atoms with van der Waals surface area (Å²) in [6.45, 7) is 3.96. The van der Waals surface area contributed by atoms with Crippen molar-refractivity contribution in [1.82, 2.24) is 10.2 Å². The largest absolute Gasteiger partial charge is 0.344 e. The second-order valence-corrected chi connectivity index (χ2v) is 3.06. The number of likely N-dealkylation sites (N-methyl/N-ethyl adjacent to an activating group) is 1. The molecule has 1 fully saturated rings. The summed E-state index contributed by atoms with van der Waals surface area (Å²) < 4.78 is 0. The molecule has 0 radical (unpaired) electrons. The van der Waals surface area contributed by atoms with Gasteiger partial charge in [0.25, 0.3) is 0 Å². The summed E-state index contributed by atoms with van der Waals surface area (Å²) >= 11 is 0. The van der Waals surface area contributed by atoms with Crippen LogP contribution in [0.4, 0.5) is 0 Å². The molecule has 0 aromatic carbocycles. The average molecular weight is 156 g/mol. The first kappa shape index (κ1) is 8.53. The lowest BCUT2D eigenvalue weighted by Crippen LogP contribution is -2.37. The summed E-state index contributed by atoms with van der Waals surface area (Å²) in [5.41, 5.74) is 0. The van der Waals surface area contributed by atoms with Crippen molar-refractivity contribution in [2.45, 2.75) is 25.8 Å². The van der Waals surface area contributed by atoms with Gasteiger partial charge in [-0.05, 0) is 19.4 Å². The van der Waals surface area contributed by atoms with Gasteiger partial charge in [0.05, 0.1) is 6.04 Å². The lowest BCUT2D eigenvalue weighted by Gasteiger charge is -2.10. The number of nitrogens with one attached hydrogen (secondary N) is 1. The van der Waals surface area contributed by atoms with E-state index in [-0.39, 0.29) is 11.9 Å². The Morgan fingerprint density at radius 1 is 1.73 bits per heavy atom. The minimum Gasteiger partial charge on any atom is -0.344 e. The van der Waals surface area contributed by atoms with Gasteiger partial charge in [0.2, 0.25) is 5.91 Å². The van der Waals surface area contributed by atoms with Crippen LogP contribution < -0.4 is 5.32 Å². The Morgan fingerprint density at radius 2 is 2.45 bits per heavy atom. The van der Waals surface area contributed by atoms with Crippen molar-refractivity contribution < 1.29 is 4.79 Å². The summed E-state index contributed by atoms with van der Waals surface area (Å²) in [6.07, 6.45) is 2.06. The summed E-state index contributed by atoms with van der Waals surface area (Å²) in [6, 6.07) is 0.0972. The van der Waals surface area contributed by atoms with E-state index in [2.05, 4.69) is 12.2 Å². The minimum atomic E-state index is 0.0972. The molecule has 1 aliphatic heterocycles. The Morgan fingerprint density at radius 3 is 2.91 bits per heavy atom. The maximum atomic E-state index is 11.3. The first-order valence-electron chi connectivity index (χ1n) is 4.24. The lowest BCUT2D eigenvalue weighted by atomic mass is 10.2. The Labute approximate surface area is 67.8 Å². The number of nitrogens with zero attached hydrogens (tertiary/aromatic N) is 1. The average Bonchev–Trinajstić information content (AvgIpc) is 2.31. The third kappa shape index (κ3) is 1.93. The van der Waals surface area contributed by atoms with Crippen LogP contribution in [0.15, 0.2) is 0 Å². The molecule has 1 rings (SSSR count). The van der Waals surface area contributed by atoms with Gasteiger partial charge < -0.3 is 10.2 Å². The van der Waals surface area contributed by atoms with Gasteiger partial charge in [-0.3, -0.25) is 4.79 Å². The Bertz CT molecular complexity index is 147. The van der Waals surface area contributed by atoms with Crippen LogP contribution in [-0.4, -0.2) is 37.0 Å². The zero-order chi connectivity index (χ0) is 8.27. The molecule has 11 heavy (non-hydrogen) atoms. The van der Waals surface area contributed by atoms with Crippen molar-refractivity contribution in [1.29, 1.82) is 0 Å². The molecule has 0 bridgehead atoms. The molecule has 3 nitrogen and oxygen atoms in total. The summed E-state index contributed by atoms with van der Waals surface area (Å²) in [7, 11) is 1.86. The van der Waals surface area contributed by atoms with Gasteiger partial charge in [-0.25, -0.2) is 0 Å². The van der Waals surface area contributed by atoms with Crippen molar-refractivity contribution in [2.75, 3.05) is 20.1 Å². The van der Waals surface area contributed by atoms with Crippen LogP contribution in [0.3, 0.4) is 0 Å². The first-order valence-corrected chi connectivity index (χ1v) is 4.24. The Hall–Kier alpha value is -0.570. The highest BCUT2D eigenvalue weighted by atomic mass is 16.2. The van der Waals surface area contributed by atoms with Gasteiger partial charge >= 0.3 is 0 Å². The van der Waals surface area contributed by atoms with Crippen LogP contribution in [0.1, 0.15) is 19.8 Å². The number of carbonyl (C=O) groups is 1. The van der Waals surface area contributed by atoms with E-state index in [0.717, 1.165) is 25.9 Å². The van der Waals surface area contributed by atoms with Crippen molar-refractivity contribution in [2.24, 2.45) is 0 Å². The second kappa shape index (κ2) is 3.72. The normalized spacial score (nSPS) is 24.7. The molecule has 1 atom stereocenters. The van der Waals surface area contributed by atoms with Gasteiger partial charge in [0, 0.05) is 13.6 Å². The van der Waals surface area contributed by atoms with E-state index in [1.54, 1.807) is 4.90 Å². The molecule has 3 heteroatoms. The standard InChI is InChI=1S/C8H16N2O/c1-3-5-9-7-4-6-10(2)8(7)11/h7,9H,3-6H2,1-2H3. The molecule has 1 amide bonds.